The van der Waals surface area contributed by atoms with Gasteiger partial charge in [-0.25, -0.2) is 0 Å². The van der Waals surface area contributed by atoms with Gasteiger partial charge in [0.1, 0.15) is 11.4 Å². The number of rotatable bonds is 7. The molecular formula is C23H29N3O3. The first-order chi connectivity index (χ1) is 14.2. The monoisotopic (exact) mass is 395 g/mol. The van der Waals surface area contributed by atoms with Gasteiger partial charge in [-0.1, -0.05) is 37.8 Å². The highest BCUT2D eigenvalue weighted by atomic mass is 16.5. The highest BCUT2D eigenvalue weighted by molar-refractivity contribution is 5.98. The third-order valence-electron chi connectivity index (χ3n) is 5.28. The van der Waals surface area contributed by atoms with Crippen LogP contribution in [0.25, 0.3) is 0 Å². The molecule has 2 amide bonds. The number of nitrogens with zero attached hydrogens (tertiary/aromatic N) is 1. The fourth-order valence-electron chi connectivity index (χ4n) is 3.63. The average molecular weight is 396 g/mol. The summed E-state index contributed by atoms with van der Waals surface area (Å²) in [5.41, 5.74) is 1.81. The Morgan fingerprint density at radius 2 is 1.86 bits per heavy atom. The zero-order valence-electron chi connectivity index (χ0n) is 16.9. The Hall–Kier alpha value is -2.89. The van der Waals surface area contributed by atoms with Gasteiger partial charge < -0.3 is 15.4 Å². The van der Waals surface area contributed by atoms with Gasteiger partial charge in [0, 0.05) is 24.3 Å². The molecule has 154 valence electrons. The first kappa shape index (κ1) is 20.8. The first-order valence-electron chi connectivity index (χ1n) is 10.3. The highest BCUT2D eigenvalue weighted by Gasteiger charge is 2.17. The van der Waals surface area contributed by atoms with E-state index in [-0.39, 0.29) is 23.6 Å². The van der Waals surface area contributed by atoms with E-state index in [9.17, 15) is 9.59 Å². The number of ether oxygens (including phenoxy) is 1. The lowest BCUT2D eigenvalue weighted by atomic mass is 10.1. The summed E-state index contributed by atoms with van der Waals surface area (Å²) in [4.78, 5) is 29.1. The van der Waals surface area contributed by atoms with Gasteiger partial charge in [-0.05, 0) is 49.1 Å². The number of amides is 2. The van der Waals surface area contributed by atoms with Crippen molar-refractivity contribution >= 4 is 11.8 Å². The van der Waals surface area contributed by atoms with E-state index in [1.807, 2.05) is 24.3 Å². The number of carbonyl (C=O) groups excluding carboxylic acids is 2. The molecular weight excluding hydrogens is 366 g/mol. The van der Waals surface area contributed by atoms with Crippen LogP contribution in [0.15, 0.2) is 42.6 Å². The van der Waals surface area contributed by atoms with E-state index < -0.39 is 0 Å². The van der Waals surface area contributed by atoms with Crippen molar-refractivity contribution in [2.24, 2.45) is 0 Å². The summed E-state index contributed by atoms with van der Waals surface area (Å²) in [6.45, 7) is 0.478. The fraction of sp³-hybridized carbons (Fsp3) is 0.435. The van der Waals surface area contributed by atoms with Crippen LogP contribution in [-0.2, 0) is 6.42 Å². The molecule has 29 heavy (non-hydrogen) atoms. The van der Waals surface area contributed by atoms with Crippen molar-refractivity contribution in [1.82, 2.24) is 15.6 Å². The van der Waals surface area contributed by atoms with Crippen LogP contribution in [0.1, 0.15) is 64.9 Å². The second-order valence-corrected chi connectivity index (χ2v) is 7.45. The quantitative estimate of drug-likeness (QED) is 0.703. The molecule has 1 aliphatic carbocycles. The van der Waals surface area contributed by atoms with Crippen molar-refractivity contribution in [2.75, 3.05) is 13.7 Å². The molecule has 0 radical (unpaired) electrons. The van der Waals surface area contributed by atoms with E-state index >= 15 is 0 Å². The van der Waals surface area contributed by atoms with Gasteiger partial charge in [0.2, 0.25) is 0 Å². The average Bonchev–Trinajstić information content (AvgIpc) is 3.02. The van der Waals surface area contributed by atoms with Crippen LogP contribution in [0.4, 0.5) is 0 Å². The third kappa shape index (κ3) is 6.31. The van der Waals surface area contributed by atoms with E-state index in [4.69, 9.17) is 4.74 Å². The Balaban J connectivity index is 1.53. The molecule has 0 aliphatic heterocycles. The van der Waals surface area contributed by atoms with Crippen LogP contribution in [-0.4, -0.2) is 36.5 Å². The van der Waals surface area contributed by atoms with E-state index in [0.717, 1.165) is 37.0 Å². The Morgan fingerprint density at radius 3 is 2.62 bits per heavy atom. The SMILES string of the molecule is COc1cccc(CCNC(=O)c2cc(C(=O)NC3CCCCCC3)ccn2)c1. The molecule has 0 spiro atoms. The number of pyridine rings is 1. The fourth-order valence-corrected chi connectivity index (χ4v) is 3.63. The number of aromatic nitrogens is 1. The Bertz CT molecular complexity index is 830. The van der Waals surface area contributed by atoms with Crippen LogP contribution in [0.5, 0.6) is 5.75 Å². The maximum Gasteiger partial charge on any atom is 0.269 e. The molecule has 0 saturated heterocycles. The minimum atomic E-state index is -0.281. The van der Waals surface area contributed by atoms with Gasteiger partial charge in [-0.2, -0.15) is 0 Å². The van der Waals surface area contributed by atoms with Gasteiger partial charge in [0.25, 0.3) is 11.8 Å². The van der Waals surface area contributed by atoms with Gasteiger partial charge in [0.15, 0.2) is 0 Å². The largest absolute Gasteiger partial charge is 0.497 e. The lowest BCUT2D eigenvalue weighted by Gasteiger charge is -2.16. The van der Waals surface area contributed by atoms with Crippen LogP contribution in [0, 0.1) is 0 Å². The molecule has 1 aromatic heterocycles. The van der Waals surface area contributed by atoms with Crippen molar-refractivity contribution in [3.8, 4) is 5.75 Å². The number of methoxy groups -OCH3 is 1. The van der Waals surface area contributed by atoms with Crippen LogP contribution in [0.2, 0.25) is 0 Å². The molecule has 0 bridgehead atoms. The summed E-state index contributed by atoms with van der Waals surface area (Å²) in [6, 6.07) is 11.2. The van der Waals surface area contributed by atoms with E-state index in [0.29, 0.717) is 18.5 Å². The Labute approximate surface area is 172 Å². The molecule has 2 N–H and O–H groups in total. The minimum absolute atomic E-state index is 0.135. The molecule has 0 unspecified atom stereocenters. The lowest BCUT2D eigenvalue weighted by Crippen LogP contribution is -2.34. The maximum absolute atomic E-state index is 12.6. The van der Waals surface area contributed by atoms with E-state index in [1.54, 1.807) is 19.2 Å². The number of hydrogen-bond acceptors (Lipinski definition) is 4. The van der Waals surface area contributed by atoms with E-state index in [2.05, 4.69) is 15.6 Å². The summed E-state index contributed by atoms with van der Waals surface area (Å²) >= 11 is 0. The first-order valence-corrected chi connectivity index (χ1v) is 10.3. The van der Waals surface area contributed by atoms with Gasteiger partial charge in [-0.3, -0.25) is 14.6 Å². The van der Waals surface area contributed by atoms with Gasteiger partial charge in [0.05, 0.1) is 7.11 Å². The molecule has 2 aromatic rings. The number of benzene rings is 1. The van der Waals surface area contributed by atoms with Crippen molar-refractivity contribution in [3.05, 3.63) is 59.4 Å². The summed E-state index contributed by atoms with van der Waals surface area (Å²) in [6.07, 6.45) is 9.03. The number of carbonyl (C=O) groups is 2. The number of hydrogen-bond donors (Lipinski definition) is 2. The standard InChI is InChI=1S/C23H29N3O3/c1-29-20-10-6-7-17(15-20)11-13-25-23(28)21-16-18(12-14-24-21)22(27)26-19-8-4-2-3-5-9-19/h6-7,10,12,14-16,19H,2-5,8-9,11,13H2,1H3,(H,25,28)(H,26,27). The van der Waals surface area contributed by atoms with Crippen molar-refractivity contribution in [2.45, 2.75) is 51.0 Å². The third-order valence-corrected chi connectivity index (χ3v) is 5.28. The van der Waals surface area contributed by atoms with Crippen LogP contribution < -0.4 is 15.4 Å². The maximum atomic E-state index is 12.6. The summed E-state index contributed by atoms with van der Waals surface area (Å²) in [5.74, 6) is 0.379. The van der Waals surface area contributed by atoms with Crippen molar-refractivity contribution in [1.29, 1.82) is 0 Å². The minimum Gasteiger partial charge on any atom is -0.497 e. The molecule has 1 aromatic carbocycles. The second-order valence-electron chi connectivity index (χ2n) is 7.45. The second kappa shape index (κ2) is 10.6. The molecule has 6 nitrogen and oxygen atoms in total. The molecule has 6 heteroatoms. The molecule has 1 fully saturated rings. The predicted molar refractivity (Wildman–Crippen MR) is 112 cm³/mol. The molecule has 1 saturated carbocycles. The summed E-state index contributed by atoms with van der Waals surface area (Å²) in [5, 5.41) is 5.97. The van der Waals surface area contributed by atoms with Gasteiger partial charge >= 0.3 is 0 Å². The van der Waals surface area contributed by atoms with Crippen LogP contribution in [0.3, 0.4) is 0 Å². The smallest absolute Gasteiger partial charge is 0.269 e. The highest BCUT2D eigenvalue weighted by Crippen LogP contribution is 2.18. The zero-order chi connectivity index (χ0) is 20.5. The molecule has 1 heterocycles. The Kier molecular flexibility index (Phi) is 7.61. The van der Waals surface area contributed by atoms with Gasteiger partial charge in [-0.15, -0.1) is 0 Å². The van der Waals surface area contributed by atoms with E-state index in [1.165, 1.54) is 19.0 Å². The zero-order valence-corrected chi connectivity index (χ0v) is 16.9. The normalized spacial score (nSPS) is 14.7. The summed E-state index contributed by atoms with van der Waals surface area (Å²) in [7, 11) is 1.63. The topological polar surface area (TPSA) is 80.3 Å². The lowest BCUT2D eigenvalue weighted by molar-refractivity contribution is 0.0933. The molecule has 3 rings (SSSR count). The van der Waals surface area contributed by atoms with Crippen molar-refractivity contribution in [3.63, 3.8) is 0 Å². The number of nitrogens with one attached hydrogen (secondary N) is 2. The van der Waals surface area contributed by atoms with Crippen LogP contribution >= 0.6 is 0 Å². The predicted octanol–water partition coefficient (Wildman–Crippen LogP) is 3.52. The molecule has 0 atom stereocenters. The van der Waals surface area contributed by atoms with Crippen molar-refractivity contribution < 1.29 is 14.3 Å². The molecule has 1 aliphatic rings. The Morgan fingerprint density at radius 1 is 1.07 bits per heavy atom. The summed E-state index contributed by atoms with van der Waals surface area (Å²) < 4.78 is 5.21.